The third kappa shape index (κ3) is 11.1. The van der Waals surface area contributed by atoms with Crippen LogP contribution in [0.3, 0.4) is 0 Å². The molecule has 3 aliphatic rings. The normalized spacial score (nSPS) is 26.1. The number of imidazole rings is 4. The molecule has 3 aliphatic heterocycles. The summed E-state index contributed by atoms with van der Waals surface area (Å²) in [5.74, 6) is 0.289. The molecular formula is C38H47N20O17P3. The summed E-state index contributed by atoms with van der Waals surface area (Å²) >= 11 is 0. The second-order valence-electron chi connectivity index (χ2n) is 17.5. The van der Waals surface area contributed by atoms with Gasteiger partial charge in [-0.2, -0.15) is 0 Å². The summed E-state index contributed by atoms with van der Waals surface area (Å²) in [4.78, 5) is 82.7. The molecule has 37 nitrogen and oxygen atoms in total. The lowest BCUT2D eigenvalue weighted by atomic mass is 10.2. The molecule has 8 aromatic heterocycles. The molecule has 0 spiro atoms. The molecule has 8 aromatic rings. The molecule has 3 fully saturated rings. The van der Waals surface area contributed by atoms with E-state index in [0.29, 0.717) is 11.2 Å². The molecule has 0 aromatic carbocycles. The molecule has 0 saturated carbocycles. The number of ether oxygens (including phenoxy) is 4. The largest absolute Gasteiger partial charge is 0.472 e. The van der Waals surface area contributed by atoms with Gasteiger partial charge < -0.3 is 61.7 Å². The third-order valence-electron chi connectivity index (χ3n) is 12.4. The minimum atomic E-state index is -5.14. The smallest absolute Gasteiger partial charge is 0.394 e. The van der Waals surface area contributed by atoms with E-state index in [2.05, 4.69) is 59.8 Å². The highest BCUT2D eigenvalue weighted by molar-refractivity contribution is 7.48. The van der Waals surface area contributed by atoms with Crippen molar-refractivity contribution in [3.05, 3.63) is 50.6 Å². The van der Waals surface area contributed by atoms with Crippen molar-refractivity contribution in [3.8, 4) is 0 Å². The number of rotatable bonds is 22. The van der Waals surface area contributed by atoms with Gasteiger partial charge in [-0.15, -0.1) is 0 Å². The SMILES string of the molecule is Nc1ncnc2c1ncn2COCCOP(=O)(O)O[C@@H]1C[C@@H](COP(=O)(O)O[C@@H]2C[C@@H](COP(=O)(O)O[C@@H]3C[C@@H](CO)O[C@H]3n3cnc4c(N)ncnc43)O[C@H]2n2cnc3c(N)ncnc32)O[C@H]1n1cnc2c(N)ncnc21. The fourth-order valence-electron chi connectivity index (χ4n) is 8.99. The van der Waals surface area contributed by atoms with Crippen LogP contribution >= 0.6 is 23.5 Å². The molecule has 12 N–H and O–H groups in total. The Kier molecular flexibility index (Phi) is 14.9. The van der Waals surface area contributed by atoms with Gasteiger partial charge in [0, 0.05) is 19.3 Å². The van der Waals surface area contributed by atoms with Crippen molar-refractivity contribution in [1.82, 2.24) is 78.1 Å². The Morgan fingerprint density at radius 3 is 1.27 bits per heavy atom. The Balaban J connectivity index is 0.753. The topological polar surface area (TPSA) is 503 Å². The summed E-state index contributed by atoms with van der Waals surface area (Å²) in [6.45, 7) is -2.40. The molecule has 11 rings (SSSR count). The Bertz CT molecular complexity index is 3630. The van der Waals surface area contributed by atoms with Gasteiger partial charge >= 0.3 is 23.5 Å². The molecule has 3 saturated heterocycles. The Morgan fingerprint density at radius 1 is 0.487 bits per heavy atom. The van der Waals surface area contributed by atoms with E-state index in [1.54, 1.807) is 4.57 Å². The zero-order valence-corrected chi connectivity index (χ0v) is 42.8. The Hall–Kier alpha value is -6.47. The van der Waals surface area contributed by atoms with Crippen LogP contribution < -0.4 is 22.9 Å². The van der Waals surface area contributed by atoms with Gasteiger partial charge in [0.15, 0.2) is 64.5 Å². The lowest BCUT2D eigenvalue weighted by Crippen LogP contribution is -2.23. The van der Waals surface area contributed by atoms with Crippen LogP contribution in [0.5, 0.6) is 0 Å². The molecule has 3 unspecified atom stereocenters. The van der Waals surface area contributed by atoms with Crippen LogP contribution in [0.15, 0.2) is 50.6 Å². The number of fused-ring (bicyclic) bond motifs is 4. The van der Waals surface area contributed by atoms with E-state index < -0.39 is 105 Å². The highest BCUT2D eigenvalue weighted by atomic mass is 31.2. The van der Waals surface area contributed by atoms with Crippen LogP contribution in [0.25, 0.3) is 44.7 Å². The van der Waals surface area contributed by atoms with Crippen LogP contribution in [0, 0.1) is 0 Å². The molecule has 11 heterocycles. The number of aromatic nitrogens is 16. The highest BCUT2D eigenvalue weighted by Crippen LogP contribution is 2.54. The number of phosphoric ester groups is 3. The van der Waals surface area contributed by atoms with Crippen molar-refractivity contribution >= 4 is 91.4 Å². The average Bonchev–Trinajstić information content (AvgIpc) is 4.35. The van der Waals surface area contributed by atoms with E-state index in [1.807, 2.05) is 0 Å². The quantitative estimate of drug-likeness (QED) is 0.0327. The average molecular weight is 1150 g/mol. The molecule has 0 aliphatic carbocycles. The minimum Gasteiger partial charge on any atom is -0.394 e. The maximum absolute atomic E-state index is 13.9. The number of aliphatic hydroxyl groups is 1. The van der Waals surface area contributed by atoms with E-state index in [1.165, 1.54) is 58.0 Å². The molecule has 0 bridgehead atoms. The van der Waals surface area contributed by atoms with Crippen LogP contribution in [0.1, 0.15) is 37.9 Å². The van der Waals surface area contributed by atoms with Crippen LogP contribution in [0.4, 0.5) is 23.3 Å². The van der Waals surface area contributed by atoms with E-state index in [0.717, 1.165) is 6.33 Å². The Morgan fingerprint density at radius 2 is 0.846 bits per heavy atom. The number of nitrogens with zero attached hydrogens (tertiary/aromatic N) is 16. The lowest BCUT2D eigenvalue weighted by Gasteiger charge is -2.23. The molecule has 0 amide bonds. The zero-order valence-electron chi connectivity index (χ0n) is 40.1. The summed E-state index contributed by atoms with van der Waals surface area (Å²) in [6.07, 6.45) is -1.05. The van der Waals surface area contributed by atoms with Gasteiger partial charge in [0.2, 0.25) is 0 Å². The summed E-state index contributed by atoms with van der Waals surface area (Å²) in [5, 5.41) is 9.93. The first kappa shape index (κ1) is 53.5. The molecular weight excluding hydrogens is 1100 g/mol. The van der Waals surface area contributed by atoms with Crippen LogP contribution in [-0.4, -0.2) is 168 Å². The number of hydrogen-bond donors (Lipinski definition) is 8. The van der Waals surface area contributed by atoms with Gasteiger partial charge in [0.25, 0.3) is 0 Å². The van der Waals surface area contributed by atoms with Crippen molar-refractivity contribution in [1.29, 1.82) is 0 Å². The third-order valence-corrected chi connectivity index (χ3v) is 15.5. The predicted molar refractivity (Wildman–Crippen MR) is 260 cm³/mol. The van der Waals surface area contributed by atoms with Crippen LogP contribution in [-0.2, 0) is 66.5 Å². The minimum absolute atomic E-state index is 0.00843. The summed E-state index contributed by atoms with van der Waals surface area (Å²) in [5.41, 5.74) is 25.7. The van der Waals surface area contributed by atoms with Crippen molar-refractivity contribution in [3.63, 3.8) is 0 Å². The van der Waals surface area contributed by atoms with Crippen molar-refractivity contribution in [2.75, 3.05) is 56.0 Å². The first-order chi connectivity index (χ1) is 37.4. The van der Waals surface area contributed by atoms with E-state index in [-0.39, 0.29) is 89.4 Å². The summed E-state index contributed by atoms with van der Waals surface area (Å²) in [7, 11) is -15.0. The fourth-order valence-corrected chi connectivity index (χ4v) is 11.8. The number of anilines is 4. The first-order valence-electron chi connectivity index (χ1n) is 23.3. The van der Waals surface area contributed by atoms with Gasteiger partial charge in [0.1, 0.15) is 72.4 Å². The van der Waals surface area contributed by atoms with Gasteiger partial charge in [-0.1, -0.05) is 0 Å². The molecule has 40 heteroatoms. The second kappa shape index (κ2) is 21.6. The van der Waals surface area contributed by atoms with E-state index >= 15 is 0 Å². The monoisotopic (exact) mass is 1150 g/mol. The second-order valence-corrected chi connectivity index (χ2v) is 21.7. The molecule has 0 radical (unpaired) electrons. The zero-order chi connectivity index (χ0) is 54.5. The van der Waals surface area contributed by atoms with E-state index in [4.69, 9.17) is 69.0 Å². The number of nitrogen functional groups attached to an aromatic ring is 4. The Labute approximate surface area is 436 Å². The van der Waals surface area contributed by atoms with Crippen molar-refractivity contribution in [2.24, 2.45) is 0 Å². The summed E-state index contributed by atoms with van der Waals surface area (Å²) in [6, 6.07) is 0. The van der Waals surface area contributed by atoms with Gasteiger partial charge in [-0.3, -0.25) is 45.4 Å². The van der Waals surface area contributed by atoms with Crippen LogP contribution in [0.2, 0.25) is 0 Å². The fraction of sp³-hybridized carbons (Fsp3) is 0.474. The number of phosphoric acid groups is 3. The predicted octanol–water partition coefficient (Wildman–Crippen LogP) is 0.0103. The molecule has 78 heavy (non-hydrogen) atoms. The standard InChI is InChI=1S/C38H47N20O17P3/c39-28-24-32(47-9-43-28)55(13-51-24)17-66-1-2-67-76(60,61)73-22-4-19(71-37(22)57-15-53-26-30(41)45-11-49-34(26)57)7-69-78(64,65)75-23-5-20(72-38(23)58-16-54-27-31(42)46-12-50-35(27)58)8-68-77(62,63)74-21-3-18(6-59)70-36(21)56-14-52-25-29(40)44-10-48-33(25)56/h9-16,18-23,36-38,59H,1-8,17H2,(H,60,61)(H,62,63)(H,64,65)(H2,39,43,47)(H2,40,44,48)(H2,41,45,49)(H2,42,46,50)/t18-,19-,20-,21+,22+,23+,36+,37+,38+/m0/s1. The number of hydrogen-bond acceptors (Lipinski definition) is 30. The maximum atomic E-state index is 13.9. The van der Waals surface area contributed by atoms with Gasteiger partial charge in [0.05, 0.1) is 76.7 Å². The van der Waals surface area contributed by atoms with E-state index in [9.17, 15) is 33.5 Å². The van der Waals surface area contributed by atoms with Crippen molar-refractivity contribution < 1.29 is 79.6 Å². The summed E-state index contributed by atoms with van der Waals surface area (Å²) < 4.78 is 104. The molecule has 416 valence electrons. The van der Waals surface area contributed by atoms with Gasteiger partial charge in [-0.05, 0) is 0 Å². The van der Waals surface area contributed by atoms with Crippen molar-refractivity contribution in [2.45, 2.75) is 81.3 Å². The first-order valence-corrected chi connectivity index (χ1v) is 27.7. The lowest BCUT2D eigenvalue weighted by molar-refractivity contribution is -0.0626. The molecule has 12 atom stereocenters. The number of nitrogens with two attached hydrogens (primary N) is 4. The number of aliphatic hydroxyl groups excluding tert-OH is 1. The highest BCUT2D eigenvalue weighted by Gasteiger charge is 2.48. The maximum Gasteiger partial charge on any atom is 0.472 e. The van der Waals surface area contributed by atoms with Gasteiger partial charge in [-0.25, -0.2) is 73.5 Å².